The van der Waals surface area contributed by atoms with Crippen LogP contribution < -0.4 is 15.8 Å². The highest BCUT2D eigenvalue weighted by atomic mass is 16.5. The smallest absolute Gasteiger partial charge is 0.248 e. The second kappa shape index (κ2) is 7.64. The number of aromatic nitrogens is 4. The summed E-state index contributed by atoms with van der Waals surface area (Å²) in [6, 6.07) is 13.2. The fourth-order valence-electron chi connectivity index (χ4n) is 3.47. The molecular formula is C23H20N6O2. The van der Waals surface area contributed by atoms with Gasteiger partial charge < -0.3 is 15.8 Å². The van der Waals surface area contributed by atoms with E-state index in [1.807, 2.05) is 37.3 Å². The van der Waals surface area contributed by atoms with E-state index in [1.54, 1.807) is 24.5 Å². The molecule has 1 amide bonds. The average molecular weight is 412 g/mol. The highest BCUT2D eigenvalue weighted by molar-refractivity contribution is 6.05. The number of nitrogens with two attached hydrogens (primary N) is 1. The molecule has 3 N–H and O–H groups in total. The first-order chi connectivity index (χ1) is 15.1. The minimum Gasteiger partial charge on any atom is -0.436 e. The van der Waals surface area contributed by atoms with Crippen LogP contribution in [0.25, 0.3) is 22.0 Å². The zero-order valence-electron chi connectivity index (χ0n) is 16.9. The van der Waals surface area contributed by atoms with Gasteiger partial charge in [0.25, 0.3) is 0 Å². The molecule has 2 heterocycles. The molecule has 1 aliphatic carbocycles. The van der Waals surface area contributed by atoms with Crippen LogP contribution in [0.2, 0.25) is 0 Å². The molecule has 4 aromatic rings. The van der Waals surface area contributed by atoms with E-state index in [1.165, 1.54) is 0 Å². The van der Waals surface area contributed by atoms with Gasteiger partial charge in [-0.25, -0.2) is 9.97 Å². The molecule has 5 rings (SSSR count). The Balaban J connectivity index is 1.57. The molecule has 31 heavy (non-hydrogen) atoms. The Labute approximate surface area is 178 Å². The third-order valence-electron chi connectivity index (χ3n) is 5.25. The number of carbonyl (C=O) groups excluding carboxylic acids is 1. The van der Waals surface area contributed by atoms with Crippen molar-refractivity contribution in [2.24, 2.45) is 5.92 Å². The van der Waals surface area contributed by atoms with Gasteiger partial charge in [0.2, 0.25) is 17.7 Å². The zero-order chi connectivity index (χ0) is 21.4. The van der Waals surface area contributed by atoms with Crippen LogP contribution in [0, 0.1) is 12.8 Å². The first-order valence-corrected chi connectivity index (χ1v) is 10.0. The minimum absolute atomic E-state index is 0.0631. The van der Waals surface area contributed by atoms with Gasteiger partial charge in [-0.1, -0.05) is 24.3 Å². The summed E-state index contributed by atoms with van der Waals surface area (Å²) in [4.78, 5) is 20.5. The van der Waals surface area contributed by atoms with Crippen molar-refractivity contribution in [2.45, 2.75) is 19.8 Å². The van der Waals surface area contributed by atoms with Crippen LogP contribution in [-0.2, 0) is 4.79 Å². The fraction of sp³-hybridized carbons (Fsp3) is 0.174. The number of nitrogens with one attached hydrogen (secondary N) is 1. The summed E-state index contributed by atoms with van der Waals surface area (Å²) >= 11 is 0. The van der Waals surface area contributed by atoms with E-state index in [9.17, 15) is 4.79 Å². The molecular weight excluding hydrogens is 392 g/mol. The monoisotopic (exact) mass is 412 g/mol. The van der Waals surface area contributed by atoms with Crippen molar-refractivity contribution in [3.63, 3.8) is 0 Å². The van der Waals surface area contributed by atoms with Crippen LogP contribution in [0.4, 0.5) is 11.6 Å². The third kappa shape index (κ3) is 3.75. The van der Waals surface area contributed by atoms with Crippen molar-refractivity contribution in [3.05, 3.63) is 60.4 Å². The van der Waals surface area contributed by atoms with Crippen LogP contribution in [0.15, 0.2) is 54.9 Å². The zero-order valence-corrected chi connectivity index (χ0v) is 16.9. The molecule has 1 aliphatic rings. The molecule has 154 valence electrons. The molecule has 1 fully saturated rings. The lowest BCUT2D eigenvalue weighted by Gasteiger charge is -2.15. The first kappa shape index (κ1) is 18.9. The molecule has 2 aromatic carbocycles. The van der Waals surface area contributed by atoms with E-state index in [0.717, 1.165) is 34.9 Å². The van der Waals surface area contributed by atoms with Crippen LogP contribution in [0.5, 0.6) is 11.6 Å². The standard InChI is InChI=1S/C23H20N6O2/c1-13-5-8-15-16(3-2-4-18(15)27-21(30)14-6-7-14)20(13)31-22-17(9-12-26-29-22)19-10-11-25-23(24)28-19/h2-5,8-12,14H,6-7H2,1H3,(H,27,30)(H2,24,25,28). The number of anilines is 2. The molecule has 0 atom stereocenters. The Morgan fingerprint density at radius 3 is 2.77 bits per heavy atom. The Morgan fingerprint density at radius 1 is 1.10 bits per heavy atom. The number of aryl methyl sites for hydroxylation is 1. The van der Waals surface area contributed by atoms with E-state index in [0.29, 0.717) is 22.9 Å². The summed E-state index contributed by atoms with van der Waals surface area (Å²) < 4.78 is 6.28. The lowest BCUT2D eigenvalue weighted by atomic mass is 10.0. The molecule has 8 nitrogen and oxygen atoms in total. The normalized spacial score (nSPS) is 13.2. The largest absolute Gasteiger partial charge is 0.436 e. The Bertz CT molecular complexity index is 1300. The molecule has 0 bridgehead atoms. The maximum absolute atomic E-state index is 12.3. The number of amides is 1. The summed E-state index contributed by atoms with van der Waals surface area (Å²) in [6.07, 6.45) is 5.06. The summed E-state index contributed by atoms with van der Waals surface area (Å²) in [7, 11) is 0. The van der Waals surface area contributed by atoms with Crippen molar-refractivity contribution >= 4 is 28.3 Å². The number of nitrogen functional groups attached to an aromatic ring is 1. The Morgan fingerprint density at radius 2 is 1.97 bits per heavy atom. The van der Waals surface area contributed by atoms with E-state index >= 15 is 0 Å². The first-order valence-electron chi connectivity index (χ1n) is 10.0. The Kier molecular flexibility index (Phi) is 4.66. The second-order valence-electron chi connectivity index (χ2n) is 7.53. The molecule has 2 aromatic heterocycles. The summed E-state index contributed by atoms with van der Waals surface area (Å²) in [6.45, 7) is 1.96. The predicted molar refractivity (Wildman–Crippen MR) is 118 cm³/mol. The average Bonchev–Trinajstić information content (AvgIpc) is 3.62. The molecule has 0 spiro atoms. The number of carbonyl (C=O) groups is 1. The topological polar surface area (TPSA) is 116 Å². The van der Waals surface area contributed by atoms with E-state index in [4.69, 9.17) is 10.5 Å². The number of ether oxygens (including phenoxy) is 1. The number of benzene rings is 2. The minimum atomic E-state index is 0.0631. The van der Waals surface area contributed by atoms with Crippen LogP contribution in [0.3, 0.4) is 0 Å². The van der Waals surface area contributed by atoms with Gasteiger partial charge in [-0.3, -0.25) is 4.79 Å². The van der Waals surface area contributed by atoms with Gasteiger partial charge >= 0.3 is 0 Å². The van der Waals surface area contributed by atoms with E-state index in [-0.39, 0.29) is 17.8 Å². The molecule has 0 aliphatic heterocycles. The number of fused-ring (bicyclic) bond motifs is 1. The van der Waals surface area contributed by atoms with Crippen molar-refractivity contribution in [1.82, 2.24) is 20.2 Å². The number of nitrogens with zero attached hydrogens (tertiary/aromatic N) is 4. The van der Waals surface area contributed by atoms with Crippen LogP contribution >= 0.6 is 0 Å². The quantitative estimate of drug-likeness (QED) is 0.506. The summed E-state index contributed by atoms with van der Waals surface area (Å²) in [5.74, 6) is 1.30. The fourth-order valence-corrected chi connectivity index (χ4v) is 3.47. The Hall–Kier alpha value is -4.07. The van der Waals surface area contributed by atoms with E-state index in [2.05, 4.69) is 25.5 Å². The number of hydrogen-bond acceptors (Lipinski definition) is 7. The van der Waals surface area contributed by atoms with Crippen molar-refractivity contribution in [3.8, 4) is 22.9 Å². The third-order valence-corrected chi connectivity index (χ3v) is 5.25. The second-order valence-corrected chi connectivity index (χ2v) is 7.53. The lowest BCUT2D eigenvalue weighted by molar-refractivity contribution is -0.117. The molecule has 1 saturated carbocycles. The maximum atomic E-state index is 12.3. The van der Waals surface area contributed by atoms with E-state index < -0.39 is 0 Å². The van der Waals surface area contributed by atoms with Crippen LogP contribution in [0.1, 0.15) is 18.4 Å². The van der Waals surface area contributed by atoms with Crippen LogP contribution in [-0.4, -0.2) is 26.1 Å². The summed E-state index contributed by atoms with van der Waals surface area (Å²) in [5, 5.41) is 13.0. The molecule has 8 heteroatoms. The summed E-state index contributed by atoms with van der Waals surface area (Å²) in [5.41, 5.74) is 8.68. The molecule has 0 saturated heterocycles. The SMILES string of the molecule is Cc1ccc2c(NC(=O)C3CC3)cccc2c1Oc1nnccc1-c1ccnc(N)n1. The predicted octanol–water partition coefficient (Wildman–Crippen LogP) is 4.12. The van der Waals surface area contributed by atoms with Gasteiger partial charge in [-0.05, 0) is 43.5 Å². The van der Waals surface area contributed by atoms with Gasteiger partial charge in [-0.2, -0.15) is 5.10 Å². The maximum Gasteiger partial charge on any atom is 0.248 e. The van der Waals surface area contributed by atoms with Crippen molar-refractivity contribution in [2.75, 3.05) is 11.1 Å². The molecule has 0 unspecified atom stereocenters. The van der Waals surface area contributed by atoms with Crippen molar-refractivity contribution in [1.29, 1.82) is 0 Å². The van der Waals surface area contributed by atoms with Gasteiger partial charge in [0.1, 0.15) is 5.75 Å². The number of hydrogen-bond donors (Lipinski definition) is 2. The lowest BCUT2D eigenvalue weighted by Crippen LogP contribution is -2.13. The highest BCUT2D eigenvalue weighted by Gasteiger charge is 2.30. The number of rotatable bonds is 5. The molecule has 0 radical (unpaired) electrons. The highest BCUT2D eigenvalue weighted by Crippen LogP contribution is 2.39. The van der Waals surface area contributed by atoms with Crippen molar-refractivity contribution < 1.29 is 9.53 Å². The van der Waals surface area contributed by atoms with Gasteiger partial charge in [0.05, 0.1) is 17.5 Å². The van der Waals surface area contributed by atoms with Gasteiger partial charge in [-0.15, -0.1) is 5.10 Å². The van der Waals surface area contributed by atoms with Gasteiger partial charge in [0, 0.05) is 28.6 Å². The van der Waals surface area contributed by atoms with Gasteiger partial charge in [0.15, 0.2) is 0 Å².